The molecule has 39 heavy (non-hydrogen) atoms. The molecule has 1 atom stereocenters. The number of aromatic amines is 1. The van der Waals surface area contributed by atoms with Gasteiger partial charge in [-0.15, -0.1) is 5.10 Å². The Hall–Kier alpha value is -3.63. The number of thiazole rings is 1. The summed E-state index contributed by atoms with van der Waals surface area (Å²) >= 11 is 1.74. The summed E-state index contributed by atoms with van der Waals surface area (Å²) in [5.41, 5.74) is 4.79. The number of hydrogen-bond acceptors (Lipinski definition) is 8. The van der Waals surface area contributed by atoms with Crippen LogP contribution >= 0.6 is 11.3 Å². The number of rotatable bonds is 5. The van der Waals surface area contributed by atoms with Gasteiger partial charge in [-0.25, -0.2) is 9.67 Å². The Morgan fingerprint density at radius 3 is 2.56 bits per heavy atom. The number of aromatic nitrogens is 6. The highest BCUT2D eigenvalue weighted by Gasteiger charge is 2.35. The Morgan fingerprint density at radius 1 is 1.00 bits per heavy atom. The van der Waals surface area contributed by atoms with Gasteiger partial charge in [-0.3, -0.25) is 9.69 Å². The van der Waals surface area contributed by atoms with Crippen molar-refractivity contribution in [1.29, 1.82) is 0 Å². The molecule has 0 radical (unpaired) electrons. The largest absolute Gasteiger partial charge is 0.345 e. The smallest absolute Gasteiger partial charge is 0.253 e. The number of nitrogens with one attached hydrogen (secondary N) is 1. The van der Waals surface area contributed by atoms with Crippen LogP contribution in [-0.4, -0.2) is 61.3 Å². The fourth-order valence-electron chi connectivity index (χ4n) is 6.25. The van der Waals surface area contributed by atoms with Gasteiger partial charge in [0.25, 0.3) is 5.56 Å². The van der Waals surface area contributed by atoms with Gasteiger partial charge in [0.05, 0.1) is 21.8 Å². The molecule has 2 fully saturated rings. The van der Waals surface area contributed by atoms with Crippen LogP contribution < -0.4 is 10.5 Å². The summed E-state index contributed by atoms with van der Waals surface area (Å²) in [5.74, 6) is 0.769. The van der Waals surface area contributed by atoms with Gasteiger partial charge in [-0.05, 0) is 66.4 Å². The van der Waals surface area contributed by atoms with E-state index in [2.05, 4.69) is 73.6 Å². The maximum atomic E-state index is 13.7. The number of anilines is 1. The summed E-state index contributed by atoms with van der Waals surface area (Å²) in [7, 11) is 0. The number of benzene rings is 2. The van der Waals surface area contributed by atoms with Crippen LogP contribution in [0.15, 0.2) is 47.3 Å². The van der Waals surface area contributed by atoms with Crippen molar-refractivity contribution >= 4 is 37.6 Å². The summed E-state index contributed by atoms with van der Waals surface area (Å²) in [6, 6.07) is 14.5. The van der Waals surface area contributed by atoms with Crippen LogP contribution in [0.3, 0.4) is 0 Å². The van der Waals surface area contributed by atoms with E-state index in [1.165, 1.54) is 17.5 Å². The lowest BCUT2D eigenvalue weighted by Gasteiger charge is -2.38. The van der Waals surface area contributed by atoms with E-state index in [1.54, 1.807) is 11.3 Å². The number of nitrogens with zero attached hydrogens (tertiary/aromatic N) is 7. The summed E-state index contributed by atoms with van der Waals surface area (Å²) in [6.45, 7) is 7.34. The number of para-hydroxylation sites is 1. The first-order chi connectivity index (χ1) is 19.1. The standard InChI is InChI=1S/C29H32N8OS/c1-18-11-12-19(2)25-21(18)17-22(28(38)31-25)26(27-32-33-34-37(27)20-7-3-4-8-20)35-13-15-36(16-14-35)29-30-23-9-5-6-10-24(23)39-29/h5-6,9-12,17,20,26H,3-4,7-8,13-16H2,1-2H3,(H,31,38). The Bertz CT molecular complexity index is 1670. The zero-order valence-electron chi connectivity index (χ0n) is 22.3. The van der Waals surface area contributed by atoms with Crippen molar-refractivity contribution < 1.29 is 0 Å². The molecule has 0 amide bonds. The van der Waals surface area contributed by atoms with Crippen molar-refractivity contribution in [3.05, 3.63) is 75.3 Å². The predicted octanol–water partition coefficient (Wildman–Crippen LogP) is 4.77. The lowest BCUT2D eigenvalue weighted by Crippen LogP contribution is -2.49. The van der Waals surface area contributed by atoms with E-state index in [0.717, 1.165) is 77.5 Å². The Morgan fingerprint density at radius 2 is 1.77 bits per heavy atom. The van der Waals surface area contributed by atoms with Gasteiger partial charge >= 0.3 is 0 Å². The van der Waals surface area contributed by atoms with E-state index in [4.69, 9.17) is 4.98 Å². The van der Waals surface area contributed by atoms with Gasteiger partial charge in [0, 0.05) is 37.1 Å². The molecule has 1 aliphatic heterocycles. The molecule has 7 rings (SSSR count). The number of H-pyrrole nitrogens is 1. The summed E-state index contributed by atoms with van der Waals surface area (Å²) in [4.78, 5) is 26.5. The molecule has 1 N–H and O–H groups in total. The molecule has 4 heterocycles. The van der Waals surface area contributed by atoms with Crippen molar-refractivity contribution in [2.75, 3.05) is 31.1 Å². The normalized spacial score (nSPS) is 17.9. The second-order valence-corrected chi connectivity index (χ2v) is 11.9. The zero-order valence-corrected chi connectivity index (χ0v) is 23.1. The molecule has 10 heteroatoms. The molecule has 5 aromatic rings. The zero-order chi connectivity index (χ0) is 26.5. The maximum absolute atomic E-state index is 13.7. The van der Waals surface area contributed by atoms with Gasteiger partial charge in [0.1, 0.15) is 6.04 Å². The van der Waals surface area contributed by atoms with E-state index in [-0.39, 0.29) is 17.6 Å². The molecule has 2 aromatic carbocycles. The number of aryl methyl sites for hydroxylation is 2. The Kier molecular flexibility index (Phi) is 6.16. The lowest BCUT2D eigenvalue weighted by molar-refractivity contribution is 0.197. The van der Waals surface area contributed by atoms with Gasteiger partial charge in [0.2, 0.25) is 0 Å². The minimum atomic E-state index is -0.328. The highest BCUT2D eigenvalue weighted by atomic mass is 32.1. The van der Waals surface area contributed by atoms with E-state index in [0.29, 0.717) is 5.56 Å². The van der Waals surface area contributed by atoms with Crippen LogP contribution in [0.25, 0.3) is 21.1 Å². The minimum Gasteiger partial charge on any atom is -0.345 e. The first-order valence-corrected chi connectivity index (χ1v) is 14.6. The third-order valence-corrected chi connectivity index (χ3v) is 9.53. The first-order valence-electron chi connectivity index (χ1n) is 13.8. The van der Waals surface area contributed by atoms with Crippen molar-refractivity contribution in [1.82, 2.24) is 35.1 Å². The molecule has 3 aromatic heterocycles. The molecular formula is C29H32N8OS. The van der Waals surface area contributed by atoms with E-state index >= 15 is 0 Å². The average molecular weight is 541 g/mol. The van der Waals surface area contributed by atoms with Crippen molar-refractivity contribution in [2.45, 2.75) is 51.6 Å². The van der Waals surface area contributed by atoms with Crippen molar-refractivity contribution in [2.24, 2.45) is 0 Å². The molecule has 1 unspecified atom stereocenters. The molecule has 2 aliphatic rings. The number of fused-ring (bicyclic) bond motifs is 2. The van der Waals surface area contributed by atoms with Gasteiger partial charge < -0.3 is 9.88 Å². The second-order valence-electron chi connectivity index (χ2n) is 10.9. The molecule has 1 aliphatic carbocycles. The monoisotopic (exact) mass is 540 g/mol. The molecule has 9 nitrogen and oxygen atoms in total. The molecule has 1 saturated carbocycles. The summed E-state index contributed by atoms with van der Waals surface area (Å²) < 4.78 is 3.21. The molecule has 200 valence electrons. The van der Waals surface area contributed by atoms with Crippen LogP contribution in [0.4, 0.5) is 5.13 Å². The summed E-state index contributed by atoms with van der Waals surface area (Å²) in [5, 5.41) is 15.3. The van der Waals surface area contributed by atoms with Crippen LogP contribution in [0.5, 0.6) is 0 Å². The van der Waals surface area contributed by atoms with Gasteiger partial charge in [-0.1, -0.05) is 48.4 Å². The van der Waals surface area contributed by atoms with Crippen LogP contribution in [0.1, 0.15) is 60.3 Å². The fourth-order valence-corrected chi connectivity index (χ4v) is 7.27. The maximum Gasteiger partial charge on any atom is 0.253 e. The quantitative estimate of drug-likeness (QED) is 0.343. The Labute approximate surface area is 230 Å². The number of hydrogen-bond donors (Lipinski definition) is 1. The number of pyridine rings is 1. The van der Waals surface area contributed by atoms with Crippen LogP contribution in [0, 0.1) is 13.8 Å². The van der Waals surface area contributed by atoms with Crippen LogP contribution in [0.2, 0.25) is 0 Å². The minimum absolute atomic E-state index is 0.0734. The third kappa shape index (κ3) is 4.31. The highest BCUT2D eigenvalue weighted by Crippen LogP contribution is 2.36. The van der Waals surface area contributed by atoms with E-state index < -0.39 is 0 Å². The SMILES string of the molecule is Cc1ccc(C)c2[nH]c(=O)c(C(c3nnnn3C3CCCC3)N3CCN(c4nc5ccccc5s4)CC3)cc12. The molecule has 0 bridgehead atoms. The predicted molar refractivity (Wildman–Crippen MR) is 155 cm³/mol. The van der Waals surface area contributed by atoms with Crippen molar-refractivity contribution in [3.8, 4) is 0 Å². The Balaban J connectivity index is 1.27. The van der Waals surface area contributed by atoms with Gasteiger partial charge in [0.15, 0.2) is 11.0 Å². The topological polar surface area (TPSA) is 95.8 Å². The molecule has 0 spiro atoms. The number of tetrazole rings is 1. The molecule has 1 saturated heterocycles. The highest BCUT2D eigenvalue weighted by molar-refractivity contribution is 7.22. The lowest BCUT2D eigenvalue weighted by atomic mass is 9.99. The third-order valence-electron chi connectivity index (χ3n) is 8.43. The van der Waals surface area contributed by atoms with Gasteiger partial charge in [-0.2, -0.15) is 0 Å². The number of piperazine rings is 1. The fraction of sp³-hybridized carbons (Fsp3) is 0.414. The molecular weight excluding hydrogens is 508 g/mol. The second kappa shape index (κ2) is 9.84. The van der Waals surface area contributed by atoms with E-state index in [1.807, 2.05) is 17.7 Å². The average Bonchev–Trinajstić information content (AvgIpc) is 3.73. The van der Waals surface area contributed by atoms with Crippen LogP contribution in [-0.2, 0) is 0 Å². The van der Waals surface area contributed by atoms with E-state index in [9.17, 15) is 4.79 Å². The first kappa shape index (κ1) is 24.4. The summed E-state index contributed by atoms with van der Waals surface area (Å²) in [6.07, 6.45) is 4.51. The van der Waals surface area contributed by atoms with Crippen molar-refractivity contribution in [3.63, 3.8) is 0 Å².